The molecule has 1 aliphatic rings. The zero-order chi connectivity index (χ0) is 14.7. The molecule has 3 rings (SSSR count). The van der Waals surface area contributed by atoms with Gasteiger partial charge in [-0.1, -0.05) is 17.3 Å². The average Bonchev–Trinajstić information content (AvgIpc) is 3.16. The Morgan fingerprint density at radius 2 is 2.05 bits per heavy atom. The van der Waals surface area contributed by atoms with Gasteiger partial charge in [0.1, 0.15) is 11.4 Å². The molecule has 1 fully saturated rings. The maximum absolute atomic E-state index is 5.82. The zero-order valence-electron chi connectivity index (χ0n) is 12.0. The number of hydrogen-bond acceptors (Lipinski definition) is 6. The van der Waals surface area contributed by atoms with Gasteiger partial charge in [0.15, 0.2) is 6.61 Å². The first-order valence-electron chi connectivity index (χ1n) is 7.09. The average molecular weight is 289 g/mol. The number of hydrogen-bond donors (Lipinski definition) is 1. The number of nitrogen functional groups attached to an aromatic ring is 1. The third-order valence-corrected chi connectivity index (χ3v) is 3.95. The Hall–Kier alpha value is -2.08. The Labute approximate surface area is 123 Å². The first-order valence-corrected chi connectivity index (χ1v) is 7.09. The summed E-state index contributed by atoms with van der Waals surface area (Å²) >= 11 is 0. The third kappa shape index (κ3) is 2.71. The number of benzene rings is 1. The van der Waals surface area contributed by atoms with Crippen molar-refractivity contribution in [3.8, 4) is 5.75 Å². The van der Waals surface area contributed by atoms with Gasteiger partial charge < -0.3 is 19.7 Å². The van der Waals surface area contributed by atoms with Crippen LogP contribution in [0.3, 0.4) is 0 Å². The van der Waals surface area contributed by atoms with Crippen LogP contribution in [-0.4, -0.2) is 17.3 Å². The van der Waals surface area contributed by atoms with Gasteiger partial charge in [0.25, 0.3) is 5.89 Å². The van der Waals surface area contributed by atoms with Crippen LogP contribution < -0.4 is 10.5 Å². The minimum absolute atomic E-state index is 0.195. The molecule has 0 aliphatic heterocycles. The van der Waals surface area contributed by atoms with Gasteiger partial charge in [-0.3, -0.25) is 0 Å². The molecule has 1 heterocycles. The predicted molar refractivity (Wildman–Crippen MR) is 76.6 cm³/mol. The maximum atomic E-state index is 5.82. The molecule has 6 heteroatoms. The van der Waals surface area contributed by atoms with Gasteiger partial charge in [-0.25, -0.2) is 0 Å². The number of rotatable bonds is 5. The highest BCUT2D eigenvalue weighted by atomic mass is 16.5. The predicted octanol–water partition coefficient (Wildman–Crippen LogP) is 2.65. The van der Waals surface area contributed by atoms with Crippen molar-refractivity contribution in [1.29, 1.82) is 0 Å². The van der Waals surface area contributed by atoms with E-state index in [1.807, 2.05) is 12.1 Å². The number of nitrogens with two attached hydrogens (primary N) is 1. The van der Waals surface area contributed by atoms with E-state index < -0.39 is 5.60 Å². The fourth-order valence-corrected chi connectivity index (χ4v) is 2.72. The second-order valence-corrected chi connectivity index (χ2v) is 5.24. The van der Waals surface area contributed by atoms with E-state index in [4.69, 9.17) is 19.7 Å². The van der Waals surface area contributed by atoms with Crippen LogP contribution in [0.1, 0.15) is 37.4 Å². The molecule has 6 nitrogen and oxygen atoms in total. The number of anilines is 1. The molecule has 0 radical (unpaired) electrons. The quantitative estimate of drug-likeness (QED) is 0.852. The number of aromatic nitrogens is 2. The van der Waals surface area contributed by atoms with E-state index in [9.17, 15) is 0 Å². The normalized spacial score (nSPS) is 17.0. The summed E-state index contributed by atoms with van der Waals surface area (Å²) in [5.41, 5.74) is 6.01. The minimum atomic E-state index is -0.395. The fraction of sp³-hybridized carbons (Fsp3) is 0.467. The molecular weight excluding hydrogens is 270 g/mol. The second kappa shape index (κ2) is 5.73. The molecule has 0 amide bonds. The molecule has 0 unspecified atom stereocenters. The summed E-state index contributed by atoms with van der Waals surface area (Å²) in [5, 5.41) is 4.05. The highest BCUT2D eigenvalue weighted by molar-refractivity contribution is 5.51. The van der Waals surface area contributed by atoms with Crippen LogP contribution in [0, 0.1) is 0 Å². The van der Waals surface area contributed by atoms with Gasteiger partial charge in [0.05, 0.1) is 5.69 Å². The fourth-order valence-electron chi connectivity index (χ4n) is 2.72. The molecule has 0 spiro atoms. The lowest BCUT2D eigenvalue weighted by Crippen LogP contribution is -2.26. The van der Waals surface area contributed by atoms with Gasteiger partial charge >= 0.3 is 0 Å². The summed E-state index contributed by atoms with van der Waals surface area (Å²) in [6.07, 6.45) is 4.09. The van der Waals surface area contributed by atoms with Crippen molar-refractivity contribution >= 4 is 5.69 Å². The first kappa shape index (κ1) is 13.9. The molecule has 1 aromatic carbocycles. The lowest BCUT2D eigenvalue weighted by molar-refractivity contribution is -0.0178. The molecule has 0 bridgehead atoms. The number of nitrogens with zero attached hydrogens (tertiary/aromatic N) is 2. The standard InChI is InChI=1S/C15H19N3O3/c1-19-15(8-4-5-9-15)14-17-13(21-18-14)10-20-12-7-3-2-6-11(12)16/h2-3,6-7H,4-5,8-10,16H2,1H3. The highest BCUT2D eigenvalue weighted by Gasteiger charge is 2.40. The van der Waals surface area contributed by atoms with Crippen LogP contribution in [-0.2, 0) is 16.9 Å². The number of ether oxygens (including phenoxy) is 2. The molecular formula is C15H19N3O3. The molecule has 21 heavy (non-hydrogen) atoms. The summed E-state index contributed by atoms with van der Waals surface area (Å²) in [7, 11) is 1.70. The Bertz CT molecular complexity index is 606. The van der Waals surface area contributed by atoms with E-state index in [0.29, 0.717) is 23.2 Å². The van der Waals surface area contributed by atoms with Crippen molar-refractivity contribution < 1.29 is 14.0 Å². The van der Waals surface area contributed by atoms with Gasteiger partial charge in [-0.15, -0.1) is 0 Å². The Balaban J connectivity index is 1.69. The van der Waals surface area contributed by atoms with E-state index in [1.54, 1.807) is 19.2 Å². The number of methoxy groups -OCH3 is 1. The zero-order valence-corrected chi connectivity index (χ0v) is 12.0. The van der Waals surface area contributed by atoms with Crippen LogP contribution in [0.25, 0.3) is 0 Å². The molecule has 112 valence electrons. The van der Waals surface area contributed by atoms with Gasteiger partial charge in [-0.2, -0.15) is 4.98 Å². The van der Waals surface area contributed by atoms with E-state index in [2.05, 4.69) is 10.1 Å². The Morgan fingerprint density at radius 1 is 1.29 bits per heavy atom. The van der Waals surface area contributed by atoms with Crippen LogP contribution >= 0.6 is 0 Å². The van der Waals surface area contributed by atoms with Gasteiger partial charge in [0.2, 0.25) is 5.82 Å². The van der Waals surface area contributed by atoms with E-state index in [-0.39, 0.29) is 6.61 Å². The third-order valence-electron chi connectivity index (χ3n) is 3.95. The molecule has 1 aromatic heterocycles. The first-order chi connectivity index (χ1) is 10.2. The number of para-hydroxylation sites is 2. The molecule has 1 aliphatic carbocycles. The molecule has 0 atom stereocenters. The monoisotopic (exact) mass is 289 g/mol. The van der Waals surface area contributed by atoms with E-state index in [1.165, 1.54) is 0 Å². The molecule has 2 N–H and O–H groups in total. The summed E-state index contributed by atoms with van der Waals surface area (Å²) in [6, 6.07) is 7.31. The van der Waals surface area contributed by atoms with E-state index in [0.717, 1.165) is 25.7 Å². The second-order valence-electron chi connectivity index (χ2n) is 5.24. The SMILES string of the molecule is COC1(c2noc(COc3ccccc3N)n2)CCCC1. The Morgan fingerprint density at radius 3 is 2.76 bits per heavy atom. The van der Waals surface area contributed by atoms with Crippen LogP contribution in [0.15, 0.2) is 28.8 Å². The van der Waals surface area contributed by atoms with E-state index >= 15 is 0 Å². The molecule has 0 saturated heterocycles. The minimum Gasteiger partial charge on any atom is -0.482 e. The van der Waals surface area contributed by atoms with Crippen molar-refractivity contribution in [3.05, 3.63) is 36.0 Å². The summed E-state index contributed by atoms with van der Waals surface area (Å²) in [6.45, 7) is 0.195. The van der Waals surface area contributed by atoms with Gasteiger partial charge in [0, 0.05) is 7.11 Å². The molecule has 1 saturated carbocycles. The molecule has 2 aromatic rings. The maximum Gasteiger partial charge on any atom is 0.264 e. The van der Waals surface area contributed by atoms with Crippen LogP contribution in [0.4, 0.5) is 5.69 Å². The van der Waals surface area contributed by atoms with Crippen molar-refractivity contribution in [2.24, 2.45) is 0 Å². The summed E-state index contributed by atoms with van der Waals surface area (Å²) in [5.74, 6) is 1.65. The van der Waals surface area contributed by atoms with Crippen molar-refractivity contribution in [1.82, 2.24) is 10.1 Å². The Kier molecular flexibility index (Phi) is 3.79. The van der Waals surface area contributed by atoms with Gasteiger partial charge in [-0.05, 0) is 37.8 Å². The lowest BCUT2D eigenvalue weighted by Gasteiger charge is -2.22. The van der Waals surface area contributed by atoms with Crippen LogP contribution in [0.5, 0.6) is 5.75 Å². The van der Waals surface area contributed by atoms with Crippen LogP contribution in [0.2, 0.25) is 0 Å². The van der Waals surface area contributed by atoms with Crippen molar-refractivity contribution in [3.63, 3.8) is 0 Å². The summed E-state index contributed by atoms with van der Waals surface area (Å²) in [4.78, 5) is 4.41. The largest absolute Gasteiger partial charge is 0.482 e. The smallest absolute Gasteiger partial charge is 0.264 e. The highest BCUT2D eigenvalue weighted by Crippen LogP contribution is 2.40. The van der Waals surface area contributed by atoms with Crippen molar-refractivity contribution in [2.45, 2.75) is 37.9 Å². The lowest BCUT2D eigenvalue weighted by atomic mass is 10.0. The van der Waals surface area contributed by atoms with Crippen molar-refractivity contribution in [2.75, 3.05) is 12.8 Å². The summed E-state index contributed by atoms with van der Waals surface area (Å²) < 4.78 is 16.5. The topological polar surface area (TPSA) is 83.4 Å².